The average Bonchev–Trinajstić information content (AvgIpc) is 3.24. The molecule has 4 rings (SSSR count). The van der Waals surface area contributed by atoms with Crippen molar-refractivity contribution < 1.29 is 14.5 Å². The number of halogens is 1. The minimum atomic E-state index is -0.448. The highest BCUT2D eigenvalue weighted by molar-refractivity contribution is 9.10. The highest BCUT2D eigenvalue weighted by Crippen LogP contribution is 2.31. The molecule has 0 saturated carbocycles. The molecular weight excluding hydrogens is 508 g/mol. The number of nitro benzene ring substituents is 1. The van der Waals surface area contributed by atoms with Crippen molar-refractivity contribution in [2.24, 2.45) is 0 Å². The average molecular weight is 531 g/mol. The lowest BCUT2D eigenvalue weighted by atomic mass is 10.2. The largest absolute Gasteiger partial charge is 0.379 e. The fourth-order valence-electron chi connectivity index (χ4n) is 3.58. The van der Waals surface area contributed by atoms with Crippen LogP contribution in [-0.2, 0) is 9.53 Å². The number of amides is 1. The number of thiazole rings is 1. The number of non-ortho nitro benzene ring substituents is 1. The molecule has 1 aromatic heterocycles. The van der Waals surface area contributed by atoms with Gasteiger partial charge in [-0.2, -0.15) is 0 Å². The molecule has 0 radical (unpaired) electrons. The summed E-state index contributed by atoms with van der Waals surface area (Å²) in [6.07, 6.45) is 3.86. The first-order valence-corrected chi connectivity index (χ1v) is 12.2. The maximum absolute atomic E-state index is 13.2. The maximum Gasteiger partial charge on any atom is 0.270 e. The van der Waals surface area contributed by atoms with E-state index in [0.717, 1.165) is 54.0 Å². The van der Waals surface area contributed by atoms with Crippen molar-refractivity contribution >= 4 is 60.3 Å². The first-order valence-electron chi connectivity index (χ1n) is 10.6. The highest BCUT2D eigenvalue weighted by Gasteiger charge is 2.19. The Hall–Kier alpha value is -2.66. The number of nitrogens with zero attached hydrogens (tertiary/aromatic N) is 4. The quantitative estimate of drug-likeness (QED) is 0.237. The van der Waals surface area contributed by atoms with Crippen LogP contribution in [0.2, 0.25) is 0 Å². The molecule has 0 aliphatic carbocycles. The third kappa shape index (κ3) is 6.23. The van der Waals surface area contributed by atoms with E-state index in [0.29, 0.717) is 17.2 Å². The van der Waals surface area contributed by atoms with E-state index in [1.165, 1.54) is 29.5 Å². The Bertz CT molecular complexity index is 1180. The lowest BCUT2D eigenvalue weighted by Gasteiger charge is -2.27. The lowest BCUT2D eigenvalue weighted by Crippen LogP contribution is -2.39. The molecule has 10 heteroatoms. The second kappa shape index (κ2) is 11.0. The summed E-state index contributed by atoms with van der Waals surface area (Å²) in [7, 11) is 0. The molecule has 0 bridgehead atoms. The van der Waals surface area contributed by atoms with Gasteiger partial charge in [0.25, 0.3) is 11.6 Å². The van der Waals surface area contributed by atoms with Crippen LogP contribution >= 0.6 is 27.3 Å². The van der Waals surface area contributed by atoms with Crippen LogP contribution in [0, 0.1) is 10.1 Å². The minimum absolute atomic E-state index is 0.0104. The summed E-state index contributed by atoms with van der Waals surface area (Å²) in [5.74, 6) is -0.207. The highest BCUT2D eigenvalue weighted by atomic mass is 79.9. The topological polar surface area (TPSA) is 88.8 Å². The molecule has 1 saturated heterocycles. The van der Waals surface area contributed by atoms with Crippen LogP contribution < -0.4 is 4.90 Å². The van der Waals surface area contributed by atoms with E-state index < -0.39 is 4.92 Å². The molecule has 2 aromatic carbocycles. The van der Waals surface area contributed by atoms with Gasteiger partial charge in [0.05, 0.1) is 28.4 Å². The summed E-state index contributed by atoms with van der Waals surface area (Å²) in [6, 6.07) is 12.1. The van der Waals surface area contributed by atoms with Gasteiger partial charge >= 0.3 is 0 Å². The fraction of sp³-hybridized carbons (Fsp3) is 0.304. The molecule has 8 nitrogen and oxygen atoms in total. The molecule has 1 aliphatic rings. The molecule has 0 atom stereocenters. The van der Waals surface area contributed by atoms with Crippen LogP contribution in [0.3, 0.4) is 0 Å². The number of rotatable bonds is 8. The van der Waals surface area contributed by atoms with Crippen molar-refractivity contribution in [2.75, 3.05) is 44.3 Å². The smallest absolute Gasteiger partial charge is 0.270 e. The maximum atomic E-state index is 13.2. The Balaban J connectivity index is 1.53. The summed E-state index contributed by atoms with van der Waals surface area (Å²) in [5.41, 5.74) is 1.43. The molecule has 2 heterocycles. The van der Waals surface area contributed by atoms with E-state index >= 15 is 0 Å². The minimum Gasteiger partial charge on any atom is -0.379 e. The zero-order valence-corrected chi connectivity index (χ0v) is 20.3. The van der Waals surface area contributed by atoms with Crippen molar-refractivity contribution in [3.8, 4) is 0 Å². The van der Waals surface area contributed by atoms with E-state index in [2.05, 4.69) is 25.8 Å². The molecule has 3 aromatic rings. The lowest BCUT2D eigenvalue weighted by molar-refractivity contribution is -0.384. The molecule has 33 heavy (non-hydrogen) atoms. The van der Waals surface area contributed by atoms with Crippen molar-refractivity contribution in [3.05, 3.63) is 68.7 Å². The zero-order valence-electron chi connectivity index (χ0n) is 17.9. The molecule has 0 unspecified atom stereocenters. The number of morpholine rings is 1. The van der Waals surface area contributed by atoms with Crippen molar-refractivity contribution in [1.82, 2.24) is 9.88 Å². The second-order valence-corrected chi connectivity index (χ2v) is 9.52. The number of nitro groups is 1. The van der Waals surface area contributed by atoms with Gasteiger partial charge in [-0.25, -0.2) is 4.98 Å². The Kier molecular flexibility index (Phi) is 7.81. The monoisotopic (exact) mass is 530 g/mol. The van der Waals surface area contributed by atoms with Crippen LogP contribution in [-0.4, -0.2) is 60.1 Å². The Morgan fingerprint density at radius 3 is 2.88 bits per heavy atom. The standard InChI is InChI=1S/C23H23BrN4O4S/c24-18-6-7-20-21(16-18)33-23(25-20)27(10-2-9-26-11-13-32-14-12-26)22(29)8-5-17-3-1-4-19(15-17)28(30)31/h1,3-8,15-16H,2,9-14H2/b8-5+. The number of hydrogen-bond donors (Lipinski definition) is 0. The Morgan fingerprint density at radius 1 is 1.27 bits per heavy atom. The van der Waals surface area contributed by atoms with E-state index in [4.69, 9.17) is 4.74 Å². The van der Waals surface area contributed by atoms with Gasteiger partial charge in [0, 0.05) is 48.9 Å². The number of carbonyl (C=O) groups is 1. The summed E-state index contributed by atoms with van der Waals surface area (Å²) >= 11 is 4.95. The summed E-state index contributed by atoms with van der Waals surface area (Å²) in [4.78, 5) is 32.5. The van der Waals surface area contributed by atoms with Gasteiger partial charge in [0.1, 0.15) is 0 Å². The van der Waals surface area contributed by atoms with Gasteiger partial charge < -0.3 is 4.74 Å². The molecule has 1 fully saturated rings. The number of hydrogen-bond acceptors (Lipinski definition) is 7. The van der Waals surface area contributed by atoms with E-state index in [-0.39, 0.29) is 11.6 Å². The third-order valence-corrected chi connectivity index (χ3v) is 6.83. The molecule has 172 valence electrons. The van der Waals surface area contributed by atoms with Gasteiger partial charge in [-0.1, -0.05) is 39.4 Å². The Morgan fingerprint density at radius 2 is 2.09 bits per heavy atom. The normalized spacial score (nSPS) is 14.7. The Labute approximate surface area is 203 Å². The SMILES string of the molecule is O=C(/C=C/c1cccc([N+](=O)[O-])c1)N(CCCN1CCOCC1)c1nc2ccc(Br)cc2s1. The van der Waals surface area contributed by atoms with Crippen LogP contribution in [0.15, 0.2) is 53.0 Å². The van der Waals surface area contributed by atoms with Gasteiger partial charge in [-0.15, -0.1) is 0 Å². The third-order valence-electron chi connectivity index (χ3n) is 5.30. The predicted octanol–water partition coefficient (Wildman–Crippen LogP) is 4.74. The van der Waals surface area contributed by atoms with Crippen molar-refractivity contribution in [1.29, 1.82) is 0 Å². The van der Waals surface area contributed by atoms with Crippen molar-refractivity contribution in [2.45, 2.75) is 6.42 Å². The molecule has 0 N–H and O–H groups in total. The predicted molar refractivity (Wildman–Crippen MR) is 134 cm³/mol. The number of ether oxygens (including phenoxy) is 1. The van der Waals surface area contributed by atoms with Gasteiger partial charge in [-0.3, -0.25) is 24.7 Å². The van der Waals surface area contributed by atoms with E-state index in [1.54, 1.807) is 23.1 Å². The molecule has 0 spiro atoms. The van der Waals surface area contributed by atoms with Crippen LogP contribution in [0.1, 0.15) is 12.0 Å². The number of benzene rings is 2. The van der Waals surface area contributed by atoms with E-state index in [9.17, 15) is 14.9 Å². The summed E-state index contributed by atoms with van der Waals surface area (Å²) in [6.45, 7) is 4.67. The van der Waals surface area contributed by atoms with Crippen molar-refractivity contribution in [3.63, 3.8) is 0 Å². The van der Waals surface area contributed by atoms with Gasteiger partial charge in [0.15, 0.2) is 5.13 Å². The number of fused-ring (bicyclic) bond motifs is 1. The van der Waals surface area contributed by atoms with Crippen LogP contribution in [0.4, 0.5) is 10.8 Å². The second-order valence-electron chi connectivity index (χ2n) is 7.59. The summed E-state index contributed by atoms with van der Waals surface area (Å²) in [5, 5.41) is 11.7. The number of anilines is 1. The van der Waals surface area contributed by atoms with Crippen LogP contribution in [0.5, 0.6) is 0 Å². The molecule has 1 amide bonds. The molecular formula is C23H23BrN4O4S. The van der Waals surface area contributed by atoms with E-state index in [1.807, 2.05) is 18.2 Å². The molecule has 1 aliphatic heterocycles. The fourth-order valence-corrected chi connectivity index (χ4v) is 5.13. The first kappa shape index (κ1) is 23.5. The van der Waals surface area contributed by atoms with Gasteiger partial charge in [0.2, 0.25) is 0 Å². The zero-order chi connectivity index (χ0) is 23.2. The van der Waals surface area contributed by atoms with Gasteiger partial charge in [-0.05, 0) is 36.3 Å². The summed E-state index contributed by atoms with van der Waals surface area (Å²) < 4.78 is 7.36. The first-order chi connectivity index (χ1) is 16.0. The number of aromatic nitrogens is 1. The number of carbonyl (C=O) groups excluding carboxylic acids is 1. The van der Waals surface area contributed by atoms with Crippen LogP contribution in [0.25, 0.3) is 16.3 Å².